The van der Waals surface area contributed by atoms with Crippen molar-refractivity contribution >= 4 is 5.91 Å². The summed E-state index contributed by atoms with van der Waals surface area (Å²) >= 11 is 0. The molecular formula is C14H16FN3O3. The smallest absolute Gasteiger partial charge is 0.216 e. The third-order valence-electron chi connectivity index (χ3n) is 2.96. The number of benzene rings is 1. The minimum absolute atomic E-state index is 0.0573. The molecule has 0 bridgehead atoms. The molecule has 2 rings (SSSR count). The Hall–Kier alpha value is -2.25. The van der Waals surface area contributed by atoms with Crippen LogP contribution in [0, 0.1) is 5.82 Å². The lowest BCUT2D eigenvalue weighted by molar-refractivity contribution is -0.119. The van der Waals surface area contributed by atoms with Crippen LogP contribution in [-0.2, 0) is 4.79 Å². The van der Waals surface area contributed by atoms with Crippen LogP contribution in [0.3, 0.4) is 0 Å². The number of carbonyl (C=O) groups is 1. The summed E-state index contributed by atoms with van der Waals surface area (Å²) in [5.74, 6) is -0.639. The molecule has 0 radical (unpaired) electrons. The van der Waals surface area contributed by atoms with E-state index in [1.54, 1.807) is 12.1 Å². The fourth-order valence-electron chi connectivity index (χ4n) is 1.81. The Balaban J connectivity index is 2.08. The van der Waals surface area contributed by atoms with Gasteiger partial charge >= 0.3 is 0 Å². The fraction of sp³-hybridized carbons (Fsp3) is 0.286. The van der Waals surface area contributed by atoms with Gasteiger partial charge in [0, 0.05) is 25.2 Å². The molecule has 7 heteroatoms. The summed E-state index contributed by atoms with van der Waals surface area (Å²) in [7, 11) is 0. The van der Waals surface area contributed by atoms with Crippen molar-refractivity contribution in [2.24, 2.45) is 0 Å². The largest absolute Gasteiger partial charge is 0.388 e. The summed E-state index contributed by atoms with van der Waals surface area (Å²) < 4.78 is 14.3. The second kappa shape index (κ2) is 6.47. The summed E-state index contributed by atoms with van der Waals surface area (Å²) in [6.07, 6.45) is 0.630. The number of amides is 1. The Labute approximate surface area is 120 Å². The summed E-state index contributed by atoms with van der Waals surface area (Å²) in [5.41, 5.74) is 1.03. The topological polar surface area (TPSA) is 87.4 Å². The first-order chi connectivity index (χ1) is 9.97. The van der Waals surface area contributed by atoms with E-state index in [1.807, 2.05) is 0 Å². The van der Waals surface area contributed by atoms with E-state index in [2.05, 4.69) is 10.4 Å². The highest BCUT2D eigenvalue weighted by Gasteiger charge is 2.20. The average molecular weight is 293 g/mol. The van der Waals surface area contributed by atoms with Gasteiger partial charge in [-0.2, -0.15) is 5.10 Å². The van der Waals surface area contributed by atoms with Crippen LogP contribution < -0.4 is 5.32 Å². The number of aliphatic hydroxyl groups excluding tert-OH is 2. The van der Waals surface area contributed by atoms with Crippen LogP contribution in [-0.4, -0.2) is 38.5 Å². The van der Waals surface area contributed by atoms with Gasteiger partial charge in [-0.15, -0.1) is 0 Å². The maximum Gasteiger partial charge on any atom is 0.216 e. The second-order valence-electron chi connectivity index (χ2n) is 4.64. The van der Waals surface area contributed by atoms with Crippen molar-refractivity contribution in [3.8, 4) is 5.69 Å². The van der Waals surface area contributed by atoms with Crippen molar-refractivity contribution in [2.75, 3.05) is 6.54 Å². The predicted molar refractivity (Wildman–Crippen MR) is 73.2 cm³/mol. The average Bonchev–Trinajstić information content (AvgIpc) is 2.94. The van der Waals surface area contributed by atoms with Gasteiger partial charge in [0.15, 0.2) is 0 Å². The minimum atomic E-state index is -1.17. The summed E-state index contributed by atoms with van der Waals surface area (Å²) in [4.78, 5) is 10.8. The minimum Gasteiger partial charge on any atom is -0.388 e. The van der Waals surface area contributed by atoms with E-state index in [0.29, 0.717) is 11.3 Å². The number of aromatic nitrogens is 2. The van der Waals surface area contributed by atoms with E-state index in [9.17, 15) is 19.4 Å². The van der Waals surface area contributed by atoms with Gasteiger partial charge < -0.3 is 15.5 Å². The van der Waals surface area contributed by atoms with Crippen molar-refractivity contribution in [3.05, 3.63) is 48.0 Å². The van der Waals surface area contributed by atoms with Crippen molar-refractivity contribution in [3.63, 3.8) is 0 Å². The molecule has 0 fully saturated rings. The number of hydrogen-bond donors (Lipinski definition) is 3. The van der Waals surface area contributed by atoms with Gasteiger partial charge in [0.05, 0.1) is 11.9 Å². The summed E-state index contributed by atoms with van der Waals surface area (Å²) in [6.45, 7) is 1.27. The predicted octanol–water partition coefficient (Wildman–Crippen LogP) is 0.542. The van der Waals surface area contributed by atoms with Gasteiger partial charge in [0.2, 0.25) is 5.91 Å². The van der Waals surface area contributed by atoms with Gasteiger partial charge in [-0.25, -0.2) is 9.07 Å². The highest BCUT2D eigenvalue weighted by molar-refractivity contribution is 5.72. The molecule has 0 aliphatic rings. The molecule has 21 heavy (non-hydrogen) atoms. The van der Waals surface area contributed by atoms with E-state index < -0.39 is 12.2 Å². The van der Waals surface area contributed by atoms with E-state index in [4.69, 9.17) is 0 Å². The van der Waals surface area contributed by atoms with Gasteiger partial charge in [-0.1, -0.05) is 0 Å². The van der Waals surface area contributed by atoms with Crippen molar-refractivity contribution < 1.29 is 19.4 Å². The quantitative estimate of drug-likeness (QED) is 0.751. The lowest BCUT2D eigenvalue weighted by atomic mass is 10.1. The first-order valence-electron chi connectivity index (χ1n) is 6.38. The van der Waals surface area contributed by atoms with Crippen LogP contribution in [0.4, 0.5) is 4.39 Å². The van der Waals surface area contributed by atoms with Crippen molar-refractivity contribution in [1.82, 2.24) is 15.1 Å². The highest BCUT2D eigenvalue weighted by atomic mass is 19.1. The molecule has 1 heterocycles. The Bertz CT molecular complexity index is 612. The number of rotatable bonds is 5. The SMILES string of the molecule is CC(=O)NCC(O)C(O)c1cnn(-c2ccc(F)cc2)c1. The second-order valence-corrected chi connectivity index (χ2v) is 4.64. The first-order valence-corrected chi connectivity index (χ1v) is 6.38. The third kappa shape index (κ3) is 3.87. The Kier molecular flexibility index (Phi) is 4.66. The summed E-state index contributed by atoms with van der Waals surface area (Å²) in [5, 5.41) is 26.2. The van der Waals surface area contributed by atoms with Crippen LogP contribution in [0.5, 0.6) is 0 Å². The standard InChI is InChI=1S/C14H16FN3O3/c1-9(19)16-7-13(20)14(21)10-6-17-18(8-10)12-4-2-11(15)3-5-12/h2-6,8,13-14,20-21H,7H2,1H3,(H,16,19). The molecule has 3 N–H and O–H groups in total. The van der Waals surface area contributed by atoms with Crippen LogP contribution in [0.25, 0.3) is 5.69 Å². The molecule has 0 spiro atoms. The Morgan fingerprint density at radius 2 is 2.05 bits per heavy atom. The molecule has 6 nitrogen and oxygen atoms in total. The molecule has 1 aromatic carbocycles. The van der Waals surface area contributed by atoms with Crippen LogP contribution >= 0.6 is 0 Å². The maximum absolute atomic E-state index is 12.9. The molecule has 0 saturated heterocycles. The highest BCUT2D eigenvalue weighted by Crippen LogP contribution is 2.18. The lowest BCUT2D eigenvalue weighted by Gasteiger charge is -2.16. The molecule has 1 aromatic heterocycles. The Morgan fingerprint density at radius 3 is 2.67 bits per heavy atom. The van der Waals surface area contributed by atoms with Crippen LogP contribution in [0.2, 0.25) is 0 Å². The first kappa shape index (κ1) is 15.1. The number of carbonyl (C=O) groups excluding carboxylic acids is 1. The molecular weight excluding hydrogens is 277 g/mol. The molecule has 2 atom stereocenters. The molecule has 2 unspecified atom stereocenters. The Morgan fingerprint density at radius 1 is 1.38 bits per heavy atom. The van der Waals surface area contributed by atoms with Gasteiger partial charge in [-0.3, -0.25) is 4.79 Å². The normalized spacial score (nSPS) is 13.7. The van der Waals surface area contributed by atoms with Gasteiger partial charge in [0.25, 0.3) is 0 Å². The molecule has 0 saturated carbocycles. The third-order valence-corrected chi connectivity index (χ3v) is 2.96. The van der Waals surface area contributed by atoms with E-state index in [0.717, 1.165) is 0 Å². The van der Waals surface area contributed by atoms with Crippen LogP contribution in [0.1, 0.15) is 18.6 Å². The molecule has 0 aliphatic carbocycles. The van der Waals surface area contributed by atoms with Crippen molar-refractivity contribution in [2.45, 2.75) is 19.1 Å². The van der Waals surface area contributed by atoms with E-state index in [-0.39, 0.29) is 18.3 Å². The number of hydrogen-bond acceptors (Lipinski definition) is 4. The summed E-state index contributed by atoms with van der Waals surface area (Å²) in [6, 6.07) is 5.70. The monoisotopic (exact) mass is 293 g/mol. The lowest BCUT2D eigenvalue weighted by Crippen LogP contribution is -2.34. The number of aliphatic hydroxyl groups is 2. The van der Waals surface area contributed by atoms with Gasteiger partial charge in [-0.05, 0) is 24.3 Å². The zero-order chi connectivity index (χ0) is 15.4. The number of nitrogens with zero attached hydrogens (tertiary/aromatic N) is 2. The maximum atomic E-state index is 12.9. The molecule has 1 amide bonds. The molecule has 112 valence electrons. The van der Waals surface area contributed by atoms with E-state index >= 15 is 0 Å². The zero-order valence-corrected chi connectivity index (χ0v) is 11.4. The van der Waals surface area contributed by atoms with Crippen molar-refractivity contribution in [1.29, 1.82) is 0 Å². The van der Waals surface area contributed by atoms with Crippen LogP contribution in [0.15, 0.2) is 36.7 Å². The number of halogens is 1. The molecule has 0 aliphatic heterocycles. The molecule has 2 aromatic rings. The fourth-order valence-corrected chi connectivity index (χ4v) is 1.81. The zero-order valence-electron chi connectivity index (χ0n) is 11.4. The van der Waals surface area contributed by atoms with Gasteiger partial charge in [0.1, 0.15) is 18.0 Å². The number of nitrogens with one attached hydrogen (secondary N) is 1. The van der Waals surface area contributed by atoms with E-state index in [1.165, 1.54) is 36.1 Å².